The Labute approximate surface area is 143 Å². The Bertz CT molecular complexity index is 699. The number of aryl methyl sites for hydroxylation is 1. The number of benzene rings is 1. The highest BCUT2D eigenvalue weighted by atomic mass is 16.2. The van der Waals surface area contributed by atoms with Crippen LogP contribution in [0.15, 0.2) is 36.5 Å². The van der Waals surface area contributed by atoms with Gasteiger partial charge < -0.3 is 10.2 Å². The molecular formula is C19H24N4O. The molecule has 1 aromatic carbocycles. The summed E-state index contributed by atoms with van der Waals surface area (Å²) in [5.74, 6) is 0.464. The zero-order valence-electron chi connectivity index (χ0n) is 14.3. The molecule has 1 atom stereocenters. The molecule has 126 valence electrons. The van der Waals surface area contributed by atoms with E-state index in [4.69, 9.17) is 0 Å². The molecule has 1 aromatic heterocycles. The lowest BCUT2D eigenvalue weighted by Gasteiger charge is -2.35. The van der Waals surface area contributed by atoms with Crippen LogP contribution in [0.1, 0.15) is 48.7 Å². The Kier molecular flexibility index (Phi) is 5.08. The summed E-state index contributed by atoms with van der Waals surface area (Å²) < 4.78 is 0. The van der Waals surface area contributed by atoms with Crippen LogP contribution in [0.5, 0.6) is 0 Å². The lowest BCUT2D eigenvalue weighted by molar-refractivity contribution is 0.0602. The van der Waals surface area contributed by atoms with Crippen LogP contribution in [-0.2, 0) is 0 Å². The number of nitrogens with zero attached hydrogens (tertiary/aromatic N) is 3. The minimum absolute atomic E-state index is 0.0101. The van der Waals surface area contributed by atoms with Crippen molar-refractivity contribution in [3.63, 3.8) is 0 Å². The summed E-state index contributed by atoms with van der Waals surface area (Å²) in [7, 11) is 0. The van der Waals surface area contributed by atoms with E-state index in [0.29, 0.717) is 17.7 Å². The van der Waals surface area contributed by atoms with Gasteiger partial charge in [0.1, 0.15) is 5.69 Å². The highest BCUT2D eigenvalue weighted by molar-refractivity contribution is 5.92. The molecule has 0 spiro atoms. The van der Waals surface area contributed by atoms with Gasteiger partial charge in [-0.05, 0) is 50.8 Å². The minimum atomic E-state index is 0.0101. The summed E-state index contributed by atoms with van der Waals surface area (Å²) >= 11 is 0. The number of nitrogens with one attached hydrogen (secondary N) is 1. The van der Waals surface area contributed by atoms with E-state index < -0.39 is 0 Å². The number of carbonyl (C=O) groups is 1. The van der Waals surface area contributed by atoms with Crippen molar-refractivity contribution in [2.45, 2.75) is 45.6 Å². The van der Waals surface area contributed by atoms with Gasteiger partial charge in [-0.1, -0.05) is 24.6 Å². The number of likely N-dealkylation sites (tertiary alicyclic amines) is 1. The zero-order chi connectivity index (χ0) is 16.9. The van der Waals surface area contributed by atoms with Gasteiger partial charge in [-0.3, -0.25) is 4.79 Å². The first-order chi connectivity index (χ1) is 11.7. The van der Waals surface area contributed by atoms with Crippen LogP contribution in [-0.4, -0.2) is 33.4 Å². The Morgan fingerprint density at radius 3 is 2.79 bits per heavy atom. The van der Waals surface area contributed by atoms with Crippen molar-refractivity contribution >= 4 is 17.5 Å². The van der Waals surface area contributed by atoms with Crippen molar-refractivity contribution in [3.8, 4) is 0 Å². The molecule has 3 rings (SSSR count). The van der Waals surface area contributed by atoms with Gasteiger partial charge in [0.2, 0.25) is 5.95 Å². The fourth-order valence-electron chi connectivity index (χ4n) is 3.14. The van der Waals surface area contributed by atoms with E-state index in [0.717, 1.165) is 31.5 Å². The van der Waals surface area contributed by atoms with Crippen LogP contribution in [0.25, 0.3) is 0 Å². The first-order valence-corrected chi connectivity index (χ1v) is 8.65. The van der Waals surface area contributed by atoms with E-state index in [2.05, 4.69) is 22.2 Å². The largest absolute Gasteiger partial charge is 0.334 e. The van der Waals surface area contributed by atoms with Crippen molar-refractivity contribution in [2.75, 3.05) is 11.9 Å². The van der Waals surface area contributed by atoms with Crippen molar-refractivity contribution < 1.29 is 4.79 Å². The van der Waals surface area contributed by atoms with Crippen molar-refractivity contribution in [2.24, 2.45) is 0 Å². The molecule has 1 aliphatic heterocycles. The fraction of sp³-hybridized carbons (Fsp3) is 0.421. The van der Waals surface area contributed by atoms with E-state index in [9.17, 15) is 4.79 Å². The smallest absolute Gasteiger partial charge is 0.272 e. The number of rotatable bonds is 4. The fourth-order valence-corrected chi connectivity index (χ4v) is 3.14. The van der Waals surface area contributed by atoms with Gasteiger partial charge in [0.25, 0.3) is 5.91 Å². The molecule has 0 saturated carbocycles. The van der Waals surface area contributed by atoms with Gasteiger partial charge in [-0.2, -0.15) is 0 Å². The van der Waals surface area contributed by atoms with Gasteiger partial charge in [0.05, 0.1) is 0 Å². The average molecular weight is 324 g/mol. The number of aromatic nitrogens is 2. The van der Waals surface area contributed by atoms with E-state index in [1.807, 2.05) is 36.1 Å². The maximum Gasteiger partial charge on any atom is 0.272 e. The highest BCUT2D eigenvalue weighted by Gasteiger charge is 2.27. The van der Waals surface area contributed by atoms with Gasteiger partial charge in [-0.15, -0.1) is 0 Å². The molecule has 1 amide bonds. The van der Waals surface area contributed by atoms with Gasteiger partial charge >= 0.3 is 0 Å². The normalized spacial score (nSPS) is 17.6. The van der Waals surface area contributed by atoms with Crippen molar-refractivity contribution in [1.82, 2.24) is 14.9 Å². The standard InChI is InChI=1S/C19H24N4O/c1-3-16-6-4-5-13-23(16)18(24)17-11-12-20-19(22-17)21-15-9-7-14(2)8-10-15/h7-12,16H,3-6,13H2,1-2H3,(H,20,21,22). The molecule has 0 radical (unpaired) electrons. The zero-order valence-corrected chi connectivity index (χ0v) is 14.3. The van der Waals surface area contributed by atoms with Crippen LogP contribution >= 0.6 is 0 Å². The Morgan fingerprint density at radius 2 is 2.04 bits per heavy atom. The molecule has 1 fully saturated rings. The van der Waals surface area contributed by atoms with Crippen molar-refractivity contribution in [1.29, 1.82) is 0 Å². The van der Waals surface area contributed by atoms with Crippen LogP contribution in [0.2, 0.25) is 0 Å². The van der Waals surface area contributed by atoms with Crippen LogP contribution in [0.3, 0.4) is 0 Å². The monoisotopic (exact) mass is 324 g/mol. The minimum Gasteiger partial charge on any atom is -0.334 e. The second-order valence-electron chi connectivity index (χ2n) is 6.31. The third-order valence-corrected chi connectivity index (χ3v) is 4.54. The number of hydrogen-bond donors (Lipinski definition) is 1. The lowest BCUT2D eigenvalue weighted by Crippen LogP contribution is -2.43. The molecule has 1 saturated heterocycles. The second kappa shape index (κ2) is 7.43. The number of hydrogen-bond acceptors (Lipinski definition) is 4. The molecular weight excluding hydrogens is 300 g/mol. The third kappa shape index (κ3) is 3.72. The summed E-state index contributed by atoms with van der Waals surface area (Å²) in [6.45, 7) is 5.00. The molecule has 1 N–H and O–H groups in total. The number of piperidine rings is 1. The topological polar surface area (TPSA) is 58.1 Å². The van der Waals surface area contributed by atoms with Crippen LogP contribution in [0.4, 0.5) is 11.6 Å². The Balaban J connectivity index is 1.76. The maximum absolute atomic E-state index is 12.8. The number of carbonyl (C=O) groups excluding carboxylic acids is 1. The summed E-state index contributed by atoms with van der Waals surface area (Å²) in [5, 5.41) is 3.16. The van der Waals surface area contributed by atoms with Crippen LogP contribution < -0.4 is 5.32 Å². The SMILES string of the molecule is CCC1CCCCN1C(=O)c1ccnc(Nc2ccc(C)cc2)n1. The first-order valence-electron chi connectivity index (χ1n) is 8.65. The van der Waals surface area contributed by atoms with E-state index in [1.54, 1.807) is 12.3 Å². The van der Waals surface area contributed by atoms with Gasteiger partial charge in [0, 0.05) is 24.5 Å². The predicted octanol–water partition coefficient (Wildman–Crippen LogP) is 3.93. The number of amides is 1. The highest BCUT2D eigenvalue weighted by Crippen LogP contribution is 2.22. The molecule has 5 nitrogen and oxygen atoms in total. The summed E-state index contributed by atoms with van der Waals surface area (Å²) in [6.07, 6.45) is 5.99. The van der Waals surface area contributed by atoms with E-state index in [-0.39, 0.29) is 5.91 Å². The molecule has 0 aliphatic carbocycles. The van der Waals surface area contributed by atoms with E-state index in [1.165, 1.54) is 12.0 Å². The molecule has 24 heavy (non-hydrogen) atoms. The Morgan fingerprint density at radius 1 is 1.25 bits per heavy atom. The third-order valence-electron chi connectivity index (χ3n) is 4.54. The molecule has 1 unspecified atom stereocenters. The lowest BCUT2D eigenvalue weighted by atomic mass is 9.99. The molecule has 0 bridgehead atoms. The quantitative estimate of drug-likeness (QED) is 0.925. The predicted molar refractivity (Wildman–Crippen MR) is 95.5 cm³/mol. The summed E-state index contributed by atoms with van der Waals surface area (Å²) in [5.41, 5.74) is 2.57. The van der Waals surface area contributed by atoms with Gasteiger partial charge in [0.15, 0.2) is 0 Å². The van der Waals surface area contributed by atoms with E-state index >= 15 is 0 Å². The average Bonchev–Trinajstić information content (AvgIpc) is 2.63. The molecule has 2 aromatic rings. The molecule has 1 aliphatic rings. The summed E-state index contributed by atoms with van der Waals surface area (Å²) in [6, 6.07) is 10.0. The molecule has 5 heteroatoms. The summed E-state index contributed by atoms with van der Waals surface area (Å²) in [4.78, 5) is 23.5. The molecule has 2 heterocycles. The van der Waals surface area contributed by atoms with Crippen molar-refractivity contribution in [3.05, 3.63) is 47.8 Å². The second-order valence-corrected chi connectivity index (χ2v) is 6.31. The maximum atomic E-state index is 12.8. The first kappa shape index (κ1) is 16.4. The Hall–Kier alpha value is -2.43. The van der Waals surface area contributed by atoms with Crippen LogP contribution in [0, 0.1) is 6.92 Å². The van der Waals surface area contributed by atoms with Gasteiger partial charge in [-0.25, -0.2) is 9.97 Å². The number of anilines is 2.